The maximum atomic E-state index is 11.7. The van der Waals surface area contributed by atoms with Crippen LogP contribution >= 0.6 is 0 Å². The fourth-order valence-corrected chi connectivity index (χ4v) is 1.58. The molecular formula is C12H17N3O3. The normalized spacial score (nSPS) is 11.9. The molecule has 1 aromatic rings. The zero-order chi connectivity index (χ0) is 13.7. The summed E-state index contributed by atoms with van der Waals surface area (Å²) in [5, 5.41) is 10.5. The predicted molar refractivity (Wildman–Crippen MR) is 67.8 cm³/mol. The number of nitrogens with two attached hydrogens (primary N) is 1. The molecule has 0 bridgehead atoms. The first-order valence-corrected chi connectivity index (χ1v) is 5.73. The molecule has 6 nitrogen and oxygen atoms in total. The van der Waals surface area contributed by atoms with E-state index in [1.54, 1.807) is 24.0 Å². The van der Waals surface area contributed by atoms with Gasteiger partial charge in [0.2, 0.25) is 5.91 Å². The lowest BCUT2D eigenvalue weighted by atomic mass is 10.2. The topological polar surface area (TPSA) is 89.5 Å². The van der Waals surface area contributed by atoms with Crippen LogP contribution in [0.15, 0.2) is 24.3 Å². The maximum absolute atomic E-state index is 11.7. The second-order valence-electron chi connectivity index (χ2n) is 4.06. The average molecular weight is 251 g/mol. The molecule has 98 valence electrons. The maximum Gasteiger partial charge on any atom is 0.269 e. The Bertz CT molecular complexity index is 429. The van der Waals surface area contributed by atoms with Gasteiger partial charge in [0.05, 0.1) is 11.0 Å². The quantitative estimate of drug-likeness (QED) is 0.630. The van der Waals surface area contributed by atoms with Crippen molar-refractivity contribution in [2.75, 3.05) is 6.54 Å². The first kappa shape index (κ1) is 14.1. The van der Waals surface area contributed by atoms with Gasteiger partial charge in [-0.05, 0) is 19.4 Å². The number of amides is 1. The van der Waals surface area contributed by atoms with E-state index in [9.17, 15) is 14.9 Å². The summed E-state index contributed by atoms with van der Waals surface area (Å²) in [6.07, 6.45) is 0. The Balaban J connectivity index is 2.76. The van der Waals surface area contributed by atoms with Crippen LogP contribution in [0.2, 0.25) is 0 Å². The highest BCUT2D eigenvalue weighted by Gasteiger charge is 2.16. The molecule has 0 saturated heterocycles. The van der Waals surface area contributed by atoms with Gasteiger partial charge in [0.1, 0.15) is 0 Å². The number of hydrogen-bond acceptors (Lipinski definition) is 4. The van der Waals surface area contributed by atoms with Gasteiger partial charge in [-0.1, -0.05) is 12.1 Å². The number of carbonyl (C=O) groups excluding carboxylic acids is 1. The van der Waals surface area contributed by atoms with Crippen LogP contribution in [0.25, 0.3) is 0 Å². The lowest BCUT2D eigenvalue weighted by Crippen LogP contribution is -2.41. The highest BCUT2D eigenvalue weighted by molar-refractivity contribution is 5.81. The summed E-state index contributed by atoms with van der Waals surface area (Å²) in [4.78, 5) is 23.4. The van der Waals surface area contributed by atoms with Crippen LogP contribution in [-0.4, -0.2) is 28.3 Å². The van der Waals surface area contributed by atoms with Crippen molar-refractivity contribution in [2.45, 2.75) is 26.4 Å². The minimum Gasteiger partial charge on any atom is -0.337 e. The Kier molecular flexibility index (Phi) is 4.79. The van der Waals surface area contributed by atoms with Gasteiger partial charge < -0.3 is 10.6 Å². The minimum absolute atomic E-state index is 0.0420. The number of carbonyl (C=O) groups is 1. The molecule has 6 heteroatoms. The number of non-ortho nitro benzene ring substituents is 1. The molecule has 1 amide bonds. The highest BCUT2D eigenvalue weighted by atomic mass is 16.6. The van der Waals surface area contributed by atoms with E-state index in [1.165, 1.54) is 12.1 Å². The Morgan fingerprint density at radius 2 is 2.00 bits per heavy atom. The van der Waals surface area contributed by atoms with Crippen molar-refractivity contribution in [3.63, 3.8) is 0 Å². The van der Waals surface area contributed by atoms with E-state index in [0.717, 1.165) is 5.56 Å². The van der Waals surface area contributed by atoms with Crippen molar-refractivity contribution in [3.05, 3.63) is 39.9 Å². The summed E-state index contributed by atoms with van der Waals surface area (Å²) < 4.78 is 0. The Hall–Kier alpha value is -1.95. The largest absolute Gasteiger partial charge is 0.337 e. The molecule has 18 heavy (non-hydrogen) atoms. The molecule has 1 atom stereocenters. The van der Waals surface area contributed by atoms with E-state index in [4.69, 9.17) is 5.73 Å². The number of nitro benzene ring substituents is 1. The van der Waals surface area contributed by atoms with Gasteiger partial charge in [-0.25, -0.2) is 0 Å². The highest BCUT2D eigenvalue weighted by Crippen LogP contribution is 2.13. The van der Waals surface area contributed by atoms with Gasteiger partial charge in [-0.3, -0.25) is 14.9 Å². The third-order valence-electron chi connectivity index (χ3n) is 2.60. The number of likely N-dealkylation sites (N-methyl/N-ethyl adjacent to an activating group) is 1. The van der Waals surface area contributed by atoms with Crippen molar-refractivity contribution in [3.8, 4) is 0 Å². The Morgan fingerprint density at radius 1 is 1.44 bits per heavy atom. The third kappa shape index (κ3) is 3.53. The van der Waals surface area contributed by atoms with E-state index >= 15 is 0 Å². The lowest BCUT2D eigenvalue weighted by molar-refractivity contribution is -0.384. The van der Waals surface area contributed by atoms with Crippen molar-refractivity contribution < 1.29 is 9.72 Å². The van der Waals surface area contributed by atoms with Crippen LogP contribution in [0.1, 0.15) is 19.4 Å². The van der Waals surface area contributed by atoms with Gasteiger partial charge in [-0.15, -0.1) is 0 Å². The zero-order valence-electron chi connectivity index (χ0n) is 10.5. The molecule has 0 heterocycles. The smallest absolute Gasteiger partial charge is 0.269 e. The summed E-state index contributed by atoms with van der Waals surface area (Å²) in [5.41, 5.74) is 6.44. The SMILES string of the molecule is CCN(Cc1ccc([N+](=O)[O-])cc1)C(=O)[C@H](C)N. The van der Waals surface area contributed by atoms with Crippen LogP contribution in [0, 0.1) is 10.1 Å². The third-order valence-corrected chi connectivity index (χ3v) is 2.60. The second-order valence-corrected chi connectivity index (χ2v) is 4.06. The second kappa shape index (κ2) is 6.11. The summed E-state index contributed by atoms with van der Waals surface area (Å²) >= 11 is 0. The van der Waals surface area contributed by atoms with E-state index in [-0.39, 0.29) is 11.6 Å². The van der Waals surface area contributed by atoms with Gasteiger partial charge in [0.25, 0.3) is 5.69 Å². The van der Waals surface area contributed by atoms with E-state index in [0.29, 0.717) is 13.1 Å². The van der Waals surface area contributed by atoms with Gasteiger partial charge >= 0.3 is 0 Å². The fourth-order valence-electron chi connectivity index (χ4n) is 1.58. The summed E-state index contributed by atoms with van der Waals surface area (Å²) in [6, 6.07) is 5.62. The summed E-state index contributed by atoms with van der Waals surface area (Å²) in [6.45, 7) is 4.47. The first-order valence-electron chi connectivity index (χ1n) is 5.73. The molecule has 1 aromatic carbocycles. The summed E-state index contributed by atoms with van der Waals surface area (Å²) in [5.74, 6) is -0.129. The minimum atomic E-state index is -0.539. The Morgan fingerprint density at radius 3 is 2.39 bits per heavy atom. The van der Waals surface area contributed by atoms with Crippen LogP contribution in [0.3, 0.4) is 0 Å². The Labute approximate surface area is 106 Å². The standard InChI is InChI=1S/C12H17N3O3/c1-3-14(12(16)9(2)13)8-10-4-6-11(7-5-10)15(17)18/h4-7,9H,3,8,13H2,1-2H3/t9-/m0/s1. The number of nitrogens with zero attached hydrogens (tertiary/aromatic N) is 2. The molecule has 0 aliphatic heterocycles. The monoisotopic (exact) mass is 251 g/mol. The molecule has 0 saturated carbocycles. The van der Waals surface area contributed by atoms with E-state index < -0.39 is 11.0 Å². The molecule has 2 N–H and O–H groups in total. The van der Waals surface area contributed by atoms with Crippen LogP contribution < -0.4 is 5.73 Å². The van der Waals surface area contributed by atoms with Crippen LogP contribution in [0.4, 0.5) is 5.69 Å². The molecule has 0 aliphatic carbocycles. The van der Waals surface area contributed by atoms with Gasteiger partial charge in [-0.2, -0.15) is 0 Å². The van der Waals surface area contributed by atoms with Gasteiger partial charge in [0.15, 0.2) is 0 Å². The van der Waals surface area contributed by atoms with Crippen molar-refractivity contribution in [2.24, 2.45) is 5.73 Å². The number of hydrogen-bond donors (Lipinski definition) is 1. The molecule has 1 rings (SSSR count). The summed E-state index contributed by atoms with van der Waals surface area (Å²) in [7, 11) is 0. The molecular weight excluding hydrogens is 234 g/mol. The van der Waals surface area contributed by atoms with Crippen LogP contribution in [0.5, 0.6) is 0 Å². The molecule has 0 aromatic heterocycles. The van der Waals surface area contributed by atoms with E-state index in [1.807, 2.05) is 6.92 Å². The molecule has 0 unspecified atom stereocenters. The fraction of sp³-hybridized carbons (Fsp3) is 0.417. The number of benzene rings is 1. The average Bonchev–Trinajstić information content (AvgIpc) is 2.35. The molecule has 0 spiro atoms. The van der Waals surface area contributed by atoms with E-state index in [2.05, 4.69) is 0 Å². The van der Waals surface area contributed by atoms with Crippen molar-refractivity contribution >= 4 is 11.6 Å². The lowest BCUT2D eigenvalue weighted by Gasteiger charge is -2.22. The predicted octanol–water partition coefficient (Wildman–Crippen LogP) is 1.29. The number of rotatable bonds is 5. The first-order chi connectivity index (χ1) is 8.45. The number of nitro groups is 1. The van der Waals surface area contributed by atoms with Gasteiger partial charge in [0, 0.05) is 25.2 Å². The van der Waals surface area contributed by atoms with Crippen LogP contribution in [-0.2, 0) is 11.3 Å². The molecule has 0 radical (unpaired) electrons. The zero-order valence-corrected chi connectivity index (χ0v) is 10.5. The molecule has 0 aliphatic rings. The van der Waals surface area contributed by atoms with Crippen molar-refractivity contribution in [1.29, 1.82) is 0 Å². The molecule has 0 fully saturated rings. The van der Waals surface area contributed by atoms with Crippen molar-refractivity contribution in [1.82, 2.24) is 4.90 Å².